The number of amides is 1. The molecule has 0 aliphatic heterocycles. The molecule has 0 unspecified atom stereocenters. The summed E-state index contributed by atoms with van der Waals surface area (Å²) in [5.74, 6) is -0.530. The van der Waals surface area contributed by atoms with Crippen molar-refractivity contribution in [1.29, 1.82) is 0 Å². The molecule has 1 amide bonds. The van der Waals surface area contributed by atoms with Crippen molar-refractivity contribution in [3.8, 4) is 0 Å². The van der Waals surface area contributed by atoms with Crippen LogP contribution in [0.2, 0.25) is 0 Å². The minimum absolute atomic E-state index is 0.170. The lowest BCUT2D eigenvalue weighted by molar-refractivity contribution is -0.123. The highest BCUT2D eigenvalue weighted by Gasteiger charge is 2.45. The van der Waals surface area contributed by atoms with Crippen molar-refractivity contribution in [1.82, 2.24) is 5.32 Å². The Balaban J connectivity index is 1.99. The van der Waals surface area contributed by atoms with E-state index in [1.54, 1.807) is 12.1 Å². The Bertz CT molecular complexity index is 432. The molecular formula is C11H12BrFN2O. The number of carbonyl (C=O) groups is 1. The van der Waals surface area contributed by atoms with Crippen LogP contribution in [0.15, 0.2) is 22.7 Å². The Morgan fingerprint density at radius 2 is 2.25 bits per heavy atom. The third-order valence-corrected chi connectivity index (χ3v) is 3.18. The van der Waals surface area contributed by atoms with Crippen molar-refractivity contribution in [2.24, 2.45) is 5.73 Å². The summed E-state index contributed by atoms with van der Waals surface area (Å²) in [5, 5.41) is 2.64. The lowest BCUT2D eigenvalue weighted by Crippen LogP contribution is -2.42. The lowest BCUT2D eigenvalue weighted by atomic mass is 10.2. The van der Waals surface area contributed by atoms with E-state index in [0.29, 0.717) is 18.4 Å². The Kier molecular flexibility index (Phi) is 2.99. The number of carbonyl (C=O) groups excluding carboxylic acids is 1. The fourth-order valence-corrected chi connectivity index (χ4v) is 1.80. The number of nitrogens with one attached hydrogen (secondary N) is 1. The van der Waals surface area contributed by atoms with E-state index >= 15 is 0 Å². The summed E-state index contributed by atoms with van der Waals surface area (Å²) in [4.78, 5) is 11.5. The summed E-state index contributed by atoms with van der Waals surface area (Å²) < 4.78 is 14.1. The molecule has 3 N–H and O–H groups in total. The smallest absolute Gasteiger partial charge is 0.240 e. The van der Waals surface area contributed by atoms with Crippen LogP contribution >= 0.6 is 15.9 Å². The monoisotopic (exact) mass is 286 g/mol. The molecule has 1 saturated carbocycles. The standard InChI is InChI=1S/C11H12BrFN2O/c12-8-1-2-9(13)7(5-8)6-15-10(16)11(14)3-4-11/h1-2,5H,3-4,6,14H2,(H,15,16). The van der Waals surface area contributed by atoms with Gasteiger partial charge in [0.2, 0.25) is 5.91 Å². The van der Waals surface area contributed by atoms with Crippen molar-refractivity contribution >= 4 is 21.8 Å². The van der Waals surface area contributed by atoms with Gasteiger partial charge in [0.25, 0.3) is 0 Å². The van der Waals surface area contributed by atoms with E-state index in [0.717, 1.165) is 4.47 Å². The Labute approximate surface area is 101 Å². The summed E-state index contributed by atoms with van der Waals surface area (Å²) in [7, 11) is 0. The molecule has 5 heteroatoms. The number of hydrogen-bond donors (Lipinski definition) is 2. The van der Waals surface area contributed by atoms with E-state index in [4.69, 9.17) is 5.73 Å². The number of nitrogens with two attached hydrogens (primary N) is 1. The maximum absolute atomic E-state index is 13.3. The third kappa shape index (κ3) is 2.41. The largest absolute Gasteiger partial charge is 0.350 e. The number of benzene rings is 1. The molecule has 86 valence electrons. The summed E-state index contributed by atoms with van der Waals surface area (Å²) in [5.41, 5.74) is 5.45. The van der Waals surface area contributed by atoms with Gasteiger partial charge in [0.1, 0.15) is 5.82 Å². The molecule has 2 rings (SSSR count). The fourth-order valence-electron chi connectivity index (χ4n) is 1.39. The molecule has 0 heterocycles. The summed E-state index contributed by atoms with van der Waals surface area (Å²) in [6, 6.07) is 4.62. The molecule has 16 heavy (non-hydrogen) atoms. The van der Waals surface area contributed by atoms with Gasteiger partial charge in [0, 0.05) is 16.6 Å². The van der Waals surface area contributed by atoms with Gasteiger partial charge in [0.15, 0.2) is 0 Å². The maximum Gasteiger partial charge on any atom is 0.240 e. The molecule has 0 spiro atoms. The first-order valence-electron chi connectivity index (χ1n) is 5.02. The third-order valence-electron chi connectivity index (χ3n) is 2.69. The van der Waals surface area contributed by atoms with Crippen LogP contribution < -0.4 is 11.1 Å². The van der Waals surface area contributed by atoms with Crippen molar-refractivity contribution < 1.29 is 9.18 Å². The normalized spacial score (nSPS) is 16.9. The van der Waals surface area contributed by atoms with E-state index in [2.05, 4.69) is 21.2 Å². The van der Waals surface area contributed by atoms with Gasteiger partial charge in [-0.1, -0.05) is 15.9 Å². The van der Waals surface area contributed by atoms with E-state index in [1.165, 1.54) is 6.07 Å². The Morgan fingerprint density at radius 3 is 2.88 bits per heavy atom. The van der Waals surface area contributed by atoms with Crippen LogP contribution in [0.25, 0.3) is 0 Å². The zero-order valence-electron chi connectivity index (χ0n) is 8.59. The zero-order chi connectivity index (χ0) is 11.8. The lowest BCUT2D eigenvalue weighted by Gasteiger charge is -2.10. The topological polar surface area (TPSA) is 55.1 Å². The van der Waals surface area contributed by atoms with Crippen LogP contribution in [-0.2, 0) is 11.3 Å². The predicted molar refractivity (Wildman–Crippen MR) is 62.1 cm³/mol. The van der Waals surface area contributed by atoms with Gasteiger partial charge in [-0.2, -0.15) is 0 Å². The molecule has 1 aromatic carbocycles. The van der Waals surface area contributed by atoms with Crippen molar-refractivity contribution in [3.63, 3.8) is 0 Å². The minimum atomic E-state index is -0.706. The van der Waals surface area contributed by atoms with Gasteiger partial charge >= 0.3 is 0 Å². The van der Waals surface area contributed by atoms with Gasteiger partial charge in [-0.15, -0.1) is 0 Å². The molecule has 1 fully saturated rings. The van der Waals surface area contributed by atoms with Crippen LogP contribution in [0.1, 0.15) is 18.4 Å². The zero-order valence-corrected chi connectivity index (χ0v) is 10.2. The summed E-state index contributed by atoms with van der Waals surface area (Å²) in [6.45, 7) is 0.170. The molecule has 1 aromatic rings. The van der Waals surface area contributed by atoms with Crippen LogP contribution in [0, 0.1) is 5.82 Å². The second-order valence-electron chi connectivity index (χ2n) is 4.07. The molecule has 0 aromatic heterocycles. The molecule has 0 atom stereocenters. The first kappa shape index (κ1) is 11.5. The predicted octanol–water partition coefficient (Wildman–Crippen LogP) is 1.70. The van der Waals surface area contributed by atoms with E-state index in [9.17, 15) is 9.18 Å². The van der Waals surface area contributed by atoms with Gasteiger partial charge < -0.3 is 11.1 Å². The number of hydrogen-bond acceptors (Lipinski definition) is 2. The molecule has 0 radical (unpaired) electrons. The fraction of sp³-hybridized carbons (Fsp3) is 0.364. The Morgan fingerprint density at radius 1 is 1.56 bits per heavy atom. The van der Waals surface area contributed by atoms with Gasteiger partial charge in [-0.05, 0) is 31.0 Å². The summed E-state index contributed by atoms with van der Waals surface area (Å²) >= 11 is 3.25. The van der Waals surface area contributed by atoms with E-state index in [-0.39, 0.29) is 18.3 Å². The van der Waals surface area contributed by atoms with Gasteiger partial charge in [-0.25, -0.2) is 4.39 Å². The second kappa shape index (κ2) is 4.14. The van der Waals surface area contributed by atoms with Crippen molar-refractivity contribution in [2.75, 3.05) is 0 Å². The highest BCUT2D eigenvalue weighted by Crippen LogP contribution is 2.32. The van der Waals surface area contributed by atoms with E-state index in [1.807, 2.05) is 0 Å². The molecule has 0 saturated heterocycles. The minimum Gasteiger partial charge on any atom is -0.350 e. The van der Waals surface area contributed by atoms with Gasteiger partial charge in [-0.3, -0.25) is 4.79 Å². The molecule has 3 nitrogen and oxygen atoms in total. The summed E-state index contributed by atoms with van der Waals surface area (Å²) in [6.07, 6.45) is 1.42. The highest BCUT2D eigenvalue weighted by atomic mass is 79.9. The average Bonchev–Trinajstić information content (AvgIpc) is 2.99. The van der Waals surface area contributed by atoms with E-state index < -0.39 is 5.54 Å². The van der Waals surface area contributed by atoms with Crippen molar-refractivity contribution in [3.05, 3.63) is 34.1 Å². The van der Waals surface area contributed by atoms with Crippen molar-refractivity contribution in [2.45, 2.75) is 24.9 Å². The molecule has 1 aliphatic carbocycles. The quantitative estimate of drug-likeness (QED) is 0.889. The van der Waals surface area contributed by atoms with Crippen LogP contribution in [0.3, 0.4) is 0 Å². The highest BCUT2D eigenvalue weighted by molar-refractivity contribution is 9.10. The number of rotatable bonds is 3. The van der Waals surface area contributed by atoms with Gasteiger partial charge in [0.05, 0.1) is 5.54 Å². The SMILES string of the molecule is NC1(C(=O)NCc2cc(Br)ccc2F)CC1. The van der Waals surface area contributed by atoms with Crippen LogP contribution in [-0.4, -0.2) is 11.4 Å². The molecular weight excluding hydrogens is 275 g/mol. The van der Waals surface area contributed by atoms with Crippen LogP contribution in [0.4, 0.5) is 4.39 Å². The Hall–Kier alpha value is -0.940. The first-order valence-corrected chi connectivity index (χ1v) is 5.82. The maximum atomic E-state index is 13.3. The average molecular weight is 287 g/mol. The first-order chi connectivity index (χ1) is 7.51. The molecule has 0 bridgehead atoms. The van der Waals surface area contributed by atoms with Crippen LogP contribution in [0.5, 0.6) is 0 Å². The second-order valence-corrected chi connectivity index (χ2v) is 4.99. The number of halogens is 2. The molecule has 1 aliphatic rings.